The minimum atomic E-state index is -0.686. The van der Waals surface area contributed by atoms with Gasteiger partial charge in [0.15, 0.2) is 5.82 Å². The molecule has 3 aromatic rings. The molecule has 8 heteroatoms. The largest absolute Gasteiger partial charge is 0.481 e. The molecule has 1 aromatic carbocycles. The number of rotatable bonds is 4. The second kappa shape index (κ2) is 6.68. The van der Waals surface area contributed by atoms with E-state index in [1.54, 1.807) is 31.2 Å². The number of aromatic nitrogens is 4. The summed E-state index contributed by atoms with van der Waals surface area (Å²) in [6.45, 7) is 1.66. The number of benzene rings is 1. The summed E-state index contributed by atoms with van der Waals surface area (Å²) in [6.07, 6.45) is 1.52. The van der Waals surface area contributed by atoms with Gasteiger partial charge in [-0.15, -0.1) is 5.10 Å². The van der Waals surface area contributed by atoms with Crippen molar-refractivity contribution in [1.82, 2.24) is 19.7 Å². The summed E-state index contributed by atoms with van der Waals surface area (Å²) in [7, 11) is 2.75. The highest BCUT2D eigenvalue weighted by atomic mass is 19.1. The summed E-state index contributed by atoms with van der Waals surface area (Å²) >= 11 is 0. The third kappa shape index (κ3) is 3.18. The van der Waals surface area contributed by atoms with Crippen LogP contribution in [0.5, 0.6) is 5.88 Å². The van der Waals surface area contributed by atoms with Crippen LogP contribution in [0.2, 0.25) is 0 Å². The second-order valence-electron chi connectivity index (χ2n) is 5.19. The van der Waals surface area contributed by atoms with E-state index in [1.807, 2.05) is 0 Å². The lowest BCUT2D eigenvalue weighted by molar-refractivity contribution is 0.0587. The van der Waals surface area contributed by atoms with E-state index in [-0.39, 0.29) is 11.6 Å². The number of carbonyl (C=O) groups is 1. The van der Waals surface area contributed by atoms with E-state index in [0.29, 0.717) is 28.5 Å². The van der Waals surface area contributed by atoms with Crippen LogP contribution < -0.4 is 4.74 Å². The summed E-state index contributed by atoms with van der Waals surface area (Å²) in [6, 6.07) is 8.03. The van der Waals surface area contributed by atoms with Gasteiger partial charge < -0.3 is 9.47 Å². The molecule has 0 bridgehead atoms. The van der Waals surface area contributed by atoms with Crippen LogP contribution >= 0.6 is 0 Å². The van der Waals surface area contributed by atoms with Gasteiger partial charge in [0.1, 0.15) is 5.82 Å². The summed E-state index contributed by atoms with van der Waals surface area (Å²) in [5, 5.41) is 4.16. The SMILES string of the molecule is COC(=O)c1nc(-c2ccc(C)c(F)c2)n(-c2ccc(OC)nc2)n1. The van der Waals surface area contributed by atoms with Crippen LogP contribution in [0.1, 0.15) is 16.2 Å². The van der Waals surface area contributed by atoms with E-state index < -0.39 is 5.97 Å². The highest BCUT2D eigenvalue weighted by molar-refractivity contribution is 5.85. The molecule has 2 aromatic heterocycles. The fourth-order valence-electron chi connectivity index (χ4n) is 2.21. The first-order valence-corrected chi connectivity index (χ1v) is 7.36. The van der Waals surface area contributed by atoms with Crippen LogP contribution in [-0.4, -0.2) is 39.9 Å². The fraction of sp³-hybridized carbons (Fsp3) is 0.176. The molecule has 25 heavy (non-hydrogen) atoms. The van der Waals surface area contributed by atoms with Crippen molar-refractivity contribution in [1.29, 1.82) is 0 Å². The fourth-order valence-corrected chi connectivity index (χ4v) is 2.21. The van der Waals surface area contributed by atoms with Crippen LogP contribution in [0.3, 0.4) is 0 Å². The van der Waals surface area contributed by atoms with Crippen LogP contribution in [0, 0.1) is 12.7 Å². The number of nitrogens with zero attached hydrogens (tertiary/aromatic N) is 4. The van der Waals surface area contributed by atoms with E-state index in [0.717, 1.165) is 0 Å². The lowest BCUT2D eigenvalue weighted by Crippen LogP contribution is -2.05. The zero-order valence-electron chi connectivity index (χ0n) is 13.9. The van der Waals surface area contributed by atoms with Crippen molar-refractivity contribution in [2.24, 2.45) is 0 Å². The molecule has 0 aliphatic rings. The first-order valence-electron chi connectivity index (χ1n) is 7.36. The molecule has 128 valence electrons. The Bertz CT molecular complexity index is 922. The molecule has 0 saturated carbocycles. The van der Waals surface area contributed by atoms with Crippen molar-refractivity contribution in [3.8, 4) is 23.0 Å². The minimum Gasteiger partial charge on any atom is -0.481 e. The first kappa shape index (κ1) is 16.6. The Hall–Kier alpha value is -3.29. The summed E-state index contributed by atoms with van der Waals surface area (Å²) in [4.78, 5) is 20.1. The molecule has 2 heterocycles. The number of ether oxygens (including phenoxy) is 2. The van der Waals surface area contributed by atoms with Gasteiger partial charge in [0.05, 0.1) is 26.1 Å². The summed E-state index contributed by atoms with van der Waals surface area (Å²) < 4.78 is 25.1. The van der Waals surface area contributed by atoms with Gasteiger partial charge in [-0.05, 0) is 24.6 Å². The van der Waals surface area contributed by atoms with Crippen molar-refractivity contribution < 1.29 is 18.7 Å². The van der Waals surface area contributed by atoms with E-state index in [9.17, 15) is 9.18 Å². The van der Waals surface area contributed by atoms with Crippen molar-refractivity contribution in [2.75, 3.05) is 14.2 Å². The molecule has 0 spiro atoms. The predicted molar refractivity (Wildman–Crippen MR) is 87.2 cm³/mol. The average molecular weight is 342 g/mol. The summed E-state index contributed by atoms with van der Waals surface area (Å²) in [5.74, 6) is -0.464. The highest BCUT2D eigenvalue weighted by Gasteiger charge is 2.20. The van der Waals surface area contributed by atoms with Gasteiger partial charge in [0.2, 0.25) is 5.88 Å². The molecular formula is C17H15FN4O3. The Morgan fingerprint density at radius 3 is 2.60 bits per heavy atom. The normalized spacial score (nSPS) is 10.6. The molecule has 0 aliphatic carbocycles. The van der Waals surface area contributed by atoms with Crippen molar-refractivity contribution >= 4 is 5.97 Å². The molecular weight excluding hydrogens is 327 g/mol. The minimum absolute atomic E-state index is 0.130. The molecule has 0 radical (unpaired) electrons. The number of carbonyl (C=O) groups excluding carboxylic acids is 1. The Morgan fingerprint density at radius 2 is 2.00 bits per heavy atom. The van der Waals surface area contributed by atoms with Crippen molar-refractivity contribution in [3.63, 3.8) is 0 Å². The zero-order chi connectivity index (χ0) is 18.0. The van der Waals surface area contributed by atoms with Gasteiger partial charge in [-0.3, -0.25) is 0 Å². The van der Waals surface area contributed by atoms with Gasteiger partial charge >= 0.3 is 5.97 Å². The number of aryl methyl sites for hydroxylation is 1. The predicted octanol–water partition coefficient (Wildman–Crippen LogP) is 2.57. The maximum Gasteiger partial charge on any atom is 0.377 e. The molecule has 0 amide bonds. The lowest BCUT2D eigenvalue weighted by Gasteiger charge is -2.07. The van der Waals surface area contributed by atoms with Crippen LogP contribution in [-0.2, 0) is 4.74 Å². The first-order chi connectivity index (χ1) is 12.0. The number of halogens is 1. The van der Waals surface area contributed by atoms with Crippen LogP contribution in [0.15, 0.2) is 36.5 Å². The maximum atomic E-state index is 14.0. The van der Waals surface area contributed by atoms with Crippen LogP contribution in [0.4, 0.5) is 4.39 Å². The molecule has 7 nitrogen and oxygen atoms in total. The van der Waals surface area contributed by atoms with Crippen molar-refractivity contribution in [3.05, 3.63) is 53.7 Å². The van der Waals surface area contributed by atoms with E-state index in [4.69, 9.17) is 4.74 Å². The number of pyridine rings is 1. The monoisotopic (exact) mass is 342 g/mol. The third-order valence-electron chi connectivity index (χ3n) is 3.58. The van der Waals surface area contributed by atoms with E-state index in [1.165, 1.54) is 31.2 Å². The molecule has 3 rings (SSSR count). The molecule has 0 aliphatic heterocycles. The average Bonchev–Trinajstić information content (AvgIpc) is 3.08. The van der Waals surface area contributed by atoms with Gasteiger partial charge in [0.25, 0.3) is 5.82 Å². The smallest absolute Gasteiger partial charge is 0.377 e. The number of esters is 1. The Balaban J connectivity index is 2.16. The molecule has 0 unspecified atom stereocenters. The molecule has 0 N–H and O–H groups in total. The zero-order valence-corrected chi connectivity index (χ0v) is 13.9. The molecule has 0 fully saturated rings. The van der Waals surface area contributed by atoms with Gasteiger partial charge in [-0.25, -0.2) is 23.8 Å². The van der Waals surface area contributed by atoms with Crippen LogP contribution in [0.25, 0.3) is 17.1 Å². The van der Waals surface area contributed by atoms with Gasteiger partial charge in [0, 0.05) is 11.6 Å². The quantitative estimate of drug-likeness (QED) is 0.678. The second-order valence-corrected chi connectivity index (χ2v) is 5.19. The maximum absolute atomic E-state index is 14.0. The summed E-state index contributed by atoms with van der Waals surface area (Å²) in [5.41, 5.74) is 1.52. The Morgan fingerprint density at radius 1 is 1.20 bits per heavy atom. The van der Waals surface area contributed by atoms with Gasteiger partial charge in [-0.1, -0.05) is 12.1 Å². The standard InChI is InChI=1S/C17H15FN4O3/c1-10-4-5-11(8-13(10)18)16-20-15(17(23)25-3)21-22(16)12-6-7-14(24-2)19-9-12/h4-9H,1-3H3. The Kier molecular flexibility index (Phi) is 4.42. The van der Waals surface area contributed by atoms with E-state index >= 15 is 0 Å². The van der Waals surface area contributed by atoms with E-state index in [2.05, 4.69) is 19.8 Å². The van der Waals surface area contributed by atoms with Gasteiger partial charge in [-0.2, -0.15) is 0 Å². The molecule has 0 saturated heterocycles. The topological polar surface area (TPSA) is 79.1 Å². The highest BCUT2D eigenvalue weighted by Crippen LogP contribution is 2.24. The number of hydrogen-bond donors (Lipinski definition) is 0. The number of methoxy groups -OCH3 is 2. The Labute approximate surface area is 143 Å². The lowest BCUT2D eigenvalue weighted by atomic mass is 10.1. The molecule has 0 atom stereocenters. The van der Waals surface area contributed by atoms with Crippen molar-refractivity contribution in [2.45, 2.75) is 6.92 Å². The number of hydrogen-bond acceptors (Lipinski definition) is 6. The third-order valence-corrected chi connectivity index (χ3v) is 3.58.